The van der Waals surface area contributed by atoms with Crippen LogP contribution in [0.5, 0.6) is 0 Å². The average molecular weight is 220 g/mol. The molecule has 2 nitrogen and oxygen atoms in total. The molecule has 0 amide bonds. The zero-order valence-corrected chi connectivity index (χ0v) is 10.7. The van der Waals surface area contributed by atoms with Gasteiger partial charge in [-0.2, -0.15) is 0 Å². The Kier molecular flexibility index (Phi) is 5.33. The van der Waals surface area contributed by atoms with Crippen molar-refractivity contribution < 1.29 is 0 Å². The molecule has 0 heterocycles. The van der Waals surface area contributed by atoms with Crippen LogP contribution >= 0.6 is 0 Å². The molecule has 90 valence electrons. The van der Waals surface area contributed by atoms with Gasteiger partial charge >= 0.3 is 0 Å². The van der Waals surface area contributed by atoms with Crippen molar-refractivity contribution in [3.8, 4) is 0 Å². The summed E-state index contributed by atoms with van der Waals surface area (Å²) in [6.07, 6.45) is 1.13. The number of benzene rings is 1. The Morgan fingerprint density at radius 2 is 1.81 bits per heavy atom. The molecule has 0 radical (unpaired) electrons. The standard InChI is InChI=1S/C14H24N2/c1-4-12(9-15)10-16-14-7-5-13(6-8-14)11(2)3/h5-8,11-12,16H,4,9-10,15H2,1-3H3. The summed E-state index contributed by atoms with van der Waals surface area (Å²) in [5.74, 6) is 1.17. The monoisotopic (exact) mass is 220 g/mol. The maximum atomic E-state index is 5.67. The van der Waals surface area contributed by atoms with Crippen LogP contribution in [0.25, 0.3) is 0 Å². The predicted molar refractivity (Wildman–Crippen MR) is 71.9 cm³/mol. The molecule has 1 unspecified atom stereocenters. The molecular formula is C14H24N2. The Hall–Kier alpha value is -1.02. The number of nitrogens with one attached hydrogen (secondary N) is 1. The fourth-order valence-electron chi connectivity index (χ4n) is 1.64. The van der Waals surface area contributed by atoms with Gasteiger partial charge in [0, 0.05) is 12.2 Å². The van der Waals surface area contributed by atoms with Crippen LogP contribution in [0, 0.1) is 5.92 Å². The molecule has 0 aliphatic carbocycles. The number of hydrogen-bond donors (Lipinski definition) is 2. The second-order valence-corrected chi connectivity index (χ2v) is 4.67. The predicted octanol–water partition coefficient (Wildman–Crippen LogP) is 3.21. The minimum atomic E-state index is 0.574. The maximum Gasteiger partial charge on any atom is 0.0340 e. The first-order valence-corrected chi connectivity index (χ1v) is 6.21. The summed E-state index contributed by atoms with van der Waals surface area (Å²) < 4.78 is 0. The summed E-state index contributed by atoms with van der Waals surface area (Å²) in [5, 5.41) is 3.43. The summed E-state index contributed by atoms with van der Waals surface area (Å²) in [6, 6.07) is 8.68. The molecule has 1 rings (SSSR count). The summed E-state index contributed by atoms with van der Waals surface area (Å²) in [4.78, 5) is 0. The highest BCUT2D eigenvalue weighted by molar-refractivity contribution is 5.45. The molecule has 0 aromatic heterocycles. The number of hydrogen-bond acceptors (Lipinski definition) is 2. The third kappa shape index (κ3) is 3.86. The van der Waals surface area contributed by atoms with Crippen molar-refractivity contribution in [1.29, 1.82) is 0 Å². The molecule has 1 atom stereocenters. The minimum Gasteiger partial charge on any atom is -0.385 e. The lowest BCUT2D eigenvalue weighted by Gasteiger charge is -2.14. The topological polar surface area (TPSA) is 38.0 Å². The maximum absolute atomic E-state index is 5.67. The van der Waals surface area contributed by atoms with E-state index in [0.29, 0.717) is 11.8 Å². The van der Waals surface area contributed by atoms with E-state index in [0.717, 1.165) is 19.5 Å². The van der Waals surface area contributed by atoms with Gasteiger partial charge in [0.05, 0.1) is 0 Å². The van der Waals surface area contributed by atoms with Gasteiger partial charge < -0.3 is 11.1 Å². The van der Waals surface area contributed by atoms with Gasteiger partial charge in [0.2, 0.25) is 0 Å². The molecule has 0 fully saturated rings. The van der Waals surface area contributed by atoms with E-state index in [1.807, 2.05) is 0 Å². The Bertz CT molecular complexity index is 286. The fraction of sp³-hybridized carbons (Fsp3) is 0.571. The first kappa shape index (κ1) is 13.0. The van der Waals surface area contributed by atoms with Crippen LogP contribution in [-0.2, 0) is 0 Å². The van der Waals surface area contributed by atoms with Crippen LogP contribution in [0.15, 0.2) is 24.3 Å². The third-order valence-corrected chi connectivity index (χ3v) is 3.08. The van der Waals surface area contributed by atoms with Gasteiger partial charge in [-0.25, -0.2) is 0 Å². The molecule has 0 saturated carbocycles. The van der Waals surface area contributed by atoms with Gasteiger partial charge in [-0.3, -0.25) is 0 Å². The van der Waals surface area contributed by atoms with Gasteiger partial charge in [-0.15, -0.1) is 0 Å². The first-order valence-electron chi connectivity index (χ1n) is 6.21. The molecule has 0 aliphatic rings. The van der Waals surface area contributed by atoms with Crippen LogP contribution in [0.2, 0.25) is 0 Å². The SMILES string of the molecule is CCC(CN)CNc1ccc(C(C)C)cc1. The zero-order chi connectivity index (χ0) is 12.0. The lowest BCUT2D eigenvalue weighted by Crippen LogP contribution is -2.22. The molecule has 0 aliphatic heterocycles. The molecule has 0 bridgehead atoms. The van der Waals surface area contributed by atoms with Crippen molar-refractivity contribution in [3.63, 3.8) is 0 Å². The van der Waals surface area contributed by atoms with E-state index in [9.17, 15) is 0 Å². The van der Waals surface area contributed by atoms with Crippen LogP contribution in [0.1, 0.15) is 38.7 Å². The van der Waals surface area contributed by atoms with Gasteiger partial charge in [-0.05, 0) is 36.1 Å². The summed E-state index contributed by atoms with van der Waals surface area (Å²) >= 11 is 0. The molecular weight excluding hydrogens is 196 g/mol. The van der Waals surface area contributed by atoms with Crippen molar-refractivity contribution >= 4 is 5.69 Å². The van der Waals surface area contributed by atoms with E-state index in [1.165, 1.54) is 11.3 Å². The van der Waals surface area contributed by atoms with Crippen molar-refractivity contribution in [2.75, 3.05) is 18.4 Å². The van der Waals surface area contributed by atoms with E-state index >= 15 is 0 Å². The molecule has 1 aromatic carbocycles. The summed E-state index contributed by atoms with van der Waals surface area (Å²) in [5.41, 5.74) is 8.25. The minimum absolute atomic E-state index is 0.574. The Morgan fingerprint density at radius 3 is 2.25 bits per heavy atom. The molecule has 1 aromatic rings. The van der Waals surface area contributed by atoms with E-state index in [-0.39, 0.29) is 0 Å². The number of anilines is 1. The van der Waals surface area contributed by atoms with Crippen molar-refractivity contribution in [3.05, 3.63) is 29.8 Å². The lowest BCUT2D eigenvalue weighted by molar-refractivity contribution is 0.548. The number of nitrogens with two attached hydrogens (primary N) is 1. The van der Waals surface area contributed by atoms with Gasteiger partial charge in [0.15, 0.2) is 0 Å². The normalized spacial score (nSPS) is 12.8. The smallest absolute Gasteiger partial charge is 0.0340 e. The van der Waals surface area contributed by atoms with Gasteiger partial charge in [0.1, 0.15) is 0 Å². The molecule has 3 N–H and O–H groups in total. The lowest BCUT2D eigenvalue weighted by atomic mass is 10.0. The first-order chi connectivity index (χ1) is 7.67. The quantitative estimate of drug-likeness (QED) is 0.772. The summed E-state index contributed by atoms with van der Waals surface area (Å²) in [6.45, 7) is 8.33. The van der Waals surface area contributed by atoms with Gasteiger partial charge in [0.25, 0.3) is 0 Å². The van der Waals surface area contributed by atoms with Crippen molar-refractivity contribution in [2.24, 2.45) is 11.7 Å². The molecule has 0 saturated heterocycles. The third-order valence-electron chi connectivity index (χ3n) is 3.08. The highest BCUT2D eigenvalue weighted by atomic mass is 14.9. The average Bonchev–Trinajstić information content (AvgIpc) is 2.31. The Morgan fingerprint density at radius 1 is 1.19 bits per heavy atom. The molecule has 16 heavy (non-hydrogen) atoms. The Balaban J connectivity index is 2.49. The molecule has 0 spiro atoms. The number of rotatable bonds is 6. The van der Waals surface area contributed by atoms with E-state index in [2.05, 4.69) is 50.4 Å². The van der Waals surface area contributed by atoms with E-state index in [1.54, 1.807) is 0 Å². The van der Waals surface area contributed by atoms with Crippen molar-refractivity contribution in [2.45, 2.75) is 33.1 Å². The van der Waals surface area contributed by atoms with E-state index in [4.69, 9.17) is 5.73 Å². The molecule has 2 heteroatoms. The van der Waals surface area contributed by atoms with Crippen LogP contribution in [0.3, 0.4) is 0 Å². The Labute approximate surface area is 99.2 Å². The largest absolute Gasteiger partial charge is 0.385 e. The summed E-state index contributed by atoms with van der Waals surface area (Å²) in [7, 11) is 0. The highest BCUT2D eigenvalue weighted by Gasteiger charge is 2.03. The van der Waals surface area contributed by atoms with Crippen molar-refractivity contribution in [1.82, 2.24) is 0 Å². The second-order valence-electron chi connectivity index (χ2n) is 4.67. The van der Waals surface area contributed by atoms with Crippen LogP contribution in [0.4, 0.5) is 5.69 Å². The van der Waals surface area contributed by atoms with E-state index < -0.39 is 0 Å². The van der Waals surface area contributed by atoms with Crippen LogP contribution in [-0.4, -0.2) is 13.1 Å². The van der Waals surface area contributed by atoms with Gasteiger partial charge in [-0.1, -0.05) is 39.3 Å². The zero-order valence-electron chi connectivity index (χ0n) is 10.7. The highest BCUT2D eigenvalue weighted by Crippen LogP contribution is 2.17. The fourth-order valence-corrected chi connectivity index (χ4v) is 1.64. The van der Waals surface area contributed by atoms with Crippen LogP contribution < -0.4 is 11.1 Å². The second kappa shape index (κ2) is 6.54.